The lowest BCUT2D eigenvalue weighted by Crippen LogP contribution is -2.42. The lowest BCUT2D eigenvalue weighted by Gasteiger charge is -2.25. The molecule has 0 radical (unpaired) electrons. The van der Waals surface area contributed by atoms with Gasteiger partial charge in [0.2, 0.25) is 0 Å². The van der Waals surface area contributed by atoms with Crippen LogP contribution < -0.4 is 10.1 Å². The van der Waals surface area contributed by atoms with E-state index in [1.807, 2.05) is 26.0 Å². The van der Waals surface area contributed by atoms with Gasteiger partial charge in [0.15, 0.2) is 0 Å². The Hall–Kier alpha value is -1.55. The van der Waals surface area contributed by atoms with E-state index in [4.69, 9.17) is 4.74 Å². The van der Waals surface area contributed by atoms with Gasteiger partial charge in [-0.3, -0.25) is 4.79 Å². The smallest absolute Gasteiger partial charge is 0.251 e. The first-order chi connectivity index (χ1) is 9.08. The molecule has 0 atom stereocenters. The van der Waals surface area contributed by atoms with Gasteiger partial charge in [-0.1, -0.05) is 13.8 Å². The van der Waals surface area contributed by atoms with Crippen molar-refractivity contribution in [3.8, 4) is 5.75 Å². The van der Waals surface area contributed by atoms with Crippen molar-refractivity contribution < 1.29 is 14.6 Å². The van der Waals surface area contributed by atoms with Gasteiger partial charge < -0.3 is 15.2 Å². The fourth-order valence-electron chi connectivity index (χ4n) is 2.17. The predicted octanol–water partition coefficient (Wildman–Crippen LogP) is 1.90. The van der Waals surface area contributed by atoms with E-state index in [0.29, 0.717) is 25.0 Å². The Morgan fingerprint density at radius 3 is 2.84 bits per heavy atom. The Kier molecular flexibility index (Phi) is 4.10. The fraction of sp³-hybridized carbons (Fsp3) is 0.533. The summed E-state index contributed by atoms with van der Waals surface area (Å²) >= 11 is 0. The van der Waals surface area contributed by atoms with Gasteiger partial charge in [0.05, 0.1) is 12.2 Å². The number of nitrogens with one attached hydrogen (secondary N) is 1. The lowest BCUT2D eigenvalue weighted by atomic mass is 9.97. The maximum Gasteiger partial charge on any atom is 0.251 e. The van der Waals surface area contributed by atoms with Crippen LogP contribution in [0.5, 0.6) is 5.75 Å². The summed E-state index contributed by atoms with van der Waals surface area (Å²) in [6.07, 6.45) is 2.11. The molecule has 2 rings (SSSR count). The maximum absolute atomic E-state index is 12.1. The molecule has 1 aliphatic heterocycles. The number of hydrogen-bond acceptors (Lipinski definition) is 3. The van der Waals surface area contributed by atoms with Crippen molar-refractivity contribution in [2.75, 3.05) is 13.2 Å². The Morgan fingerprint density at radius 1 is 1.42 bits per heavy atom. The molecule has 0 bridgehead atoms. The van der Waals surface area contributed by atoms with E-state index in [9.17, 15) is 9.90 Å². The monoisotopic (exact) mass is 263 g/mol. The molecule has 4 nitrogen and oxygen atoms in total. The van der Waals surface area contributed by atoms with Gasteiger partial charge in [0.1, 0.15) is 5.75 Å². The summed E-state index contributed by atoms with van der Waals surface area (Å²) in [6.45, 7) is 4.81. The van der Waals surface area contributed by atoms with Gasteiger partial charge in [-0.05, 0) is 36.6 Å². The fourth-order valence-corrected chi connectivity index (χ4v) is 2.17. The van der Waals surface area contributed by atoms with Crippen LogP contribution in [0.1, 0.15) is 42.6 Å². The Bertz CT molecular complexity index is 466. The Labute approximate surface area is 113 Å². The van der Waals surface area contributed by atoms with Crippen LogP contribution in [0.3, 0.4) is 0 Å². The molecule has 0 fully saturated rings. The second kappa shape index (κ2) is 5.61. The largest absolute Gasteiger partial charge is 0.493 e. The highest BCUT2D eigenvalue weighted by Gasteiger charge is 2.23. The van der Waals surface area contributed by atoms with Crippen LogP contribution in [0, 0.1) is 0 Å². The van der Waals surface area contributed by atoms with Gasteiger partial charge in [0.25, 0.3) is 5.91 Å². The number of amides is 1. The molecule has 104 valence electrons. The number of rotatable bonds is 5. The van der Waals surface area contributed by atoms with Gasteiger partial charge in [-0.2, -0.15) is 0 Å². The van der Waals surface area contributed by atoms with Crippen molar-refractivity contribution >= 4 is 5.91 Å². The van der Waals surface area contributed by atoms with E-state index in [1.54, 1.807) is 6.07 Å². The molecule has 0 aromatic heterocycles. The normalized spacial score (nSPS) is 13.8. The van der Waals surface area contributed by atoms with Crippen LogP contribution in [-0.2, 0) is 6.42 Å². The van der Waals surface area contributed by atoms with E-state index in [1.165, 1.54) is 0 Å². The van der Waals surface area contributed by atoms with E-state index >= 15 is 0 Å². The average molecular weight is 263 g/mol. The number of carbonyl (C=O) groups excluding carboxylic acids is 1. The highest BCUT2D eigenvalue weighted by Crippen LogP contribution is 2.25. The molecule has 1 aliphatic rings. The number of ether oxygens (including phenoxy) is 1. The quantitative estimate of drug-likeness (QED) is 0.853. The minimum absolute atomic E-state index is 0.143. The Morgan fingerprint density at radius 2 is 2.16 bits per heavy atom. The third-order valence-corrected chi connectivity index (χ3v) is 3.85. The summed E-state index contributed by atoms with van der Waals surface area (Å²) in [5.41, 5.74) is 0.892. The van der Waals surface area contributed by atoms with E-state index in [-0.39, 0.29) is 12.5 Å². The zero-order valence-corrected chi connectivity index (χ0v) is 11.5. The number of carbonyl (C=O) groups is 1. The topological polar surface area (TPSA) is 58.6 Å². The molecule has 1 aromatic carbocycles. The molecule has 19 heavy (non-hydrogen) atoms. The summed E-state index contributed by atoms with van der Waals surface area (Å²) in [7, 11) is 0. The van der Waals surface area contributed by atoms with Gasteiger partial charge in [-0.25, -0.2) is 0 Å². The van der Waals surface area contributed by atoms with Crippen molar-refractivity contribution in [3.05, 3.63) is 29.3 Å². The van der Waals surface area contributed by atoms with Crippen LogP contribution >= 0.6 is 0 Å². The molecule has 1 amide bonds. The van der Waals surface area contributed by atoms with Gasteiger partial charge >= 0.3 is 0 Å². The number of hydrogen-bond donors (Lipinski definition) is 2. The minimum atomic E-state index is -0.810. The third kappa shape index (κ3) is 3.07. The van der Waals surface area contributed by atoms with Crippen molar-refractivity contribution in [1.82, 2.24) is 5.32 Å². The average Bonchev–Trinajstić information content (AvgIpc) is 2.91. The second-order valence-corrected chi connectivity index (χ2v) is 5.04. The second-order valence-electron chi connectivity index (χ2n) is 5.04. The zero-order valence-electron chi connectivity index (χ0n) is 11.5. The van der Waals surface area contributed by atoms with Crippen LogP contribution in [0.15, 0.2) is 18.2 Å². The third-order valence-electron chi connectivity index (χ3n) is 3.85. The van der Waals surface area contributed by atoms with Crippen LogP contribution in [0.25, 0.3) is 0 Å². The SMILES string of the molecule is CCC(O)(CC)CNC(=O)c1ccc2c(c1)CCO2. The number of benzene rings is 1. The van der Waals surface area contributed by atoms with Crippen LogP contribution in [-0.4, -0.2) is 29.8 Å². The molecule has 0 saturated heterocycles. The van der Waals surface area contributed by atoms with E-state index in [0.717, 1.165) is 17.7 Å². The lowest BCUT2D eigenvalue weighted by molar-refractivity contribution is 0.0314. The molecule has 1 aromatic rings. The van der Waals surface area contributed by atoms with Crippen molar-refractivity contribution in [2.24, 2.45) is 0 Å². The molecular weight excluding hydrogens is 242 g/mol. The molecule has 0 aliphatic carbocycles. The van der Waals surface area contributed by atoms with Crippen molar-refractivity contribution in [3.63, 3.8) is 0 Å². The van der Waals surface area contributed by atoms with E-state index < -0.39 is 5.60 Å². The highest BCUT2D eigenvalue weighted by atomic mass is 16.5. The summed E-state index contributed by atoms with van der Waals surface area (Å²) in [4.78, 5) is 12.1. The summed E-state index contributed by atoms with van der Waals surface area (Å²) in [5.74, 6) is 0.727. The van der Waals surface area contributed by atoms with E-state index in [2.05, 4.69) is 5.32 Å². The maximum atomic E-state index is 12.1. The van der Waals surface area contributed by atoms with Gasteiger partial charge in [0, 0.05) is 18.5 Å². The zero-order chi connectivity index (χ0) is 13.9. The number of fused-ring (bicyclic) bond motifs is 1. The standard InChI is InChI=1S/C15H21NO3/c1-3-15(18,4-2)10-16-14(17)12-5-6-13-11(9-12)7-8-19-13/h5-6,9,18H,3-4,7-8,10H2,1-2H3,(H,16,17). The molecule has 0 unspecified atom stereocenters. The van der Waals surface area contributed by atoms with Gasteiger partial charge in [-0.15, -0.1) is 0 Å². The molecular formula is C15H21NO3. The number of aliphatic hydroxyl groups is 1. The first-order valence-electron chi connectivity index (χ1n) is 6.84. The predicted molar refractivity (Wildman–Crippen MR) is 73.5 cm³/mol. The summed E-state index contributed by atoms with van der Waals surface area (Å²) < 4.78 is 5.41. The molecule has 0 spiro atoms. The minimum Gasteiger partial charge on any atom is -0.493 e. The van der Waals surface area contributed by atoms with Crippen molar-refractivity contribution in [2.45, 2.75) is 38.7 Å². The molecule has 0 saturated carbocycles. The first kappa shape index (κ1) is 13.9. The van der Waals surface area contributed by atoms with Crippen LogP contribution in [0.4, 0.5) is 0 Å². The Balaban J connectivity index is 2.00. The summed E-state index contributed by atoms with van der Waals surface area (Å²) in [6, 6.07) is 5.47. The first-order valence-corrected chi connectivity index (χ1v) is 6.84. The molecule has 2 N–H and O–H groups in total. The highest BCUT2D eigenvalue weighted by molar-refractivity contribution is 5.94. The molecule has 1 heterocycles. The summed E-state index contributed by atoms with van der Waals surface area (Å²) in [5, 5.41) is 12.9. The van der Waals surface area contributed by atoms with Crippen LogP contribution in [0.2, 0.25) is 0 Å². The van der Waals surface area contributed by atoms with Crippen molar-refractivity contribution in [1.29, 1.82) is 0 Å². The molecule has 4 heteroatoms.